The van der Waals surface area contributed by atoms with Gasteiger partial charge < -0.3 is 13.9 Å². The molecule has 0 aliphatic heterocycles. The summed E-state index contributed by atoms with van der Waals surface area (Å²) in [6.07, 6.45) is 2.67. The number of benzene rings is 2. The van der Waals surface area contributed by atoms with Crippen LogP contribution in [0.15, 0.2) is 72.8 Å². The minimum Gasteiger partial charge on any atom is -0.421 e. The number of carbonyl (C=O) groups excluding carboxylic acids is 2. The van der Waals surface area contributed by atoms with E-state index in [4.69, 9.17) is 13.9 Å². The average molecular weight is 455 g/mol. The molecule has 6 heteroatoms. The van der Waals surface area contributed by atoms with Crippen molar-refractivity contribution >= 4 is 30.6 Å². The zero-order valence-electron chi connectivity index (χ0n) is 19.7. The summed E-state index contributed by atoms with van der Waals surface area (Å²) in [7, 11) is -2.67. The van der Waals surface area contributed by atoms with Gasteiger partial charge in [-0.25, -0.2) is 0 Å². The predicted molar refractivity (Wildman–Crippen MR) is 129 cm³/mol. The Hall–Kier alpha value is -2.70. The van der Waals surface area contributed by atoms with Crippen molar-refractivity contribution in [2.45, 2.75) is 58.8 Å². The second kappa shape index (κ2) is 11.8. The number of esters is 2. The van der Waals surface area contributed by atoms with Gasteiger partial charge in [0.2, 0.25) is 0 Å². The van der Waals surface area contributed by atoms with E-state index < -0.39 is 26.5 Å². The largest absolute Gasteiger partial charge is 0.421 e. The Labute approximate surface area is 192 Å². The van der Waals surface area contributed by atoms with Crippen LogP contribution in [0.25, 0.3) is 0 Å². The molecule has 2 aromatic rings. The van der Waals surface area contributed by atoms with Crippen molar-refractivity contribution < 1.29 is 23.5 Å². The van der Waals surface area contributed by atoms with Gasteiger partial charge in [-0.3, -0.25) is 9.59 Å². The Balaban J connectivity index is 2.34. The summed E-state index contributed by atoms with van der Waals surface area (Å²) in [6, 6.07) is 20.7. The Kier molecular flexibility index (Phi) is 9.41. The summed E-state index contributed by atoms with van der Waals surface area (Å²) < 4.78 is 17.2. The molecule has 0 saturated carbocycles. The molecular formula is C26H34O5Si. The molecule has 0 amide bonds. The predicted octanol–water partition coefficient (Wildman–Crippen LogP) is 4.35. The molecule has 0 atom stereocenters. The Bertz CT molecular complexity index is 830. The van der Waals surface area contributed by atoms with Crippen LogP contribution in [0, 0.1) is 0 Å². The average Bonchev–Trinajstić information content (AvgIpc) is 2.79. The van der Waals surface area contributed by atoms with Crippen molar-refractivity contribution in [1.29, 1.82) is 0 Å². The Morgan fingerprint density at radius 1 is 0.844 bits per heavy atom. The van der Waals surface area contributed by atoms with E-state index >= 15 is 0 Å². The third-order valence-corrected chi connectivity index (χ3v) is 10.2. The molecule has 0 aromatic heterocycles. The highest BCUT2D eigenvalue weighted by molar-refractivity contribution is 6.99. The fourth-order valence-electron chi connectivity index (χ4n) is 3.63. The van der Waals surface area contributed by atoms with E-state index in [9.17, 15) is 9.59 Å². The summed E-state index contributed by atoms with van der Waals surface area (Å²) in [6.45, 7) is 10.3. The van der Waals surface area contributed by atoms with Gasteiger partial charge in [0.15, 0.2) is 0 Å². The highest BCUT2D eigenvalue weighted by atomic mass is 28.4. The van der Waals surface area contributed by atoms with Gasteiger partial charge in [0, 0.05) is 12.8 Å². The number of hydrogen-bond donors (Lipinski definition) is 0. The normalized spacial score (nSPS) is 12.2. The van der Waals surface area contributed by atoms with Gasteiger partial charge in [-0.05, 0) is 21.5 Å². The van der Waals surface area contributed by atoms with E-state index in [1.807, 2.05) is 36.4 Å². The van der Waals surface area contributed by atoms with Crippen LogP contribution in [0.4, 0.5) is 0 Å². The lowest BCUT2D eigenvalue weighted by Crippen LogP contribution is -2.66. The highest BCUT2D eigenvalue weighted by Gasteiger charge is 2.49. The van der Waals surface area contributed by atoms with E-state index in [1.165, 1.54) is 10.4 Å². The third kappa shape index (κ3) is 6.40. The van der Waals surface area contributed by atoms with Crippen molar-refractivity contribution in [1.82, 2.24) is 0 Å². The Morgan fingerprint density at radius 2 is 1.28 bits per heavy atom. The smallest absolute Gasteiger partial charge is 0.308 e. The van der Waals surface area contributed by atoms with Gasteiger partial charge in [-0.2, -0.15) is 0 Å². The maximum atomic E-state index is 11.7. The molecule has 0 N–H and O–H groups in total. The summed E-state index contributed by atoms with van der Waals surface area (Å²) in [5, 5.41) is 2.21. The standard InChI is InChI=1S/C26H34O5Si/c1-6-23(27)30-25(31-24(28)7-2)19-14-20-29-32(26(3,4)5,21-15-10-8-11-16-21)22-17-12-9-13-18-22/h8-19,25H,6-7,20H2,1-5H3/b19-14+. The second-order valence-electron chi connectivity index (χ2n) is 8.46. The number of ether oxygens (including phenoxy) is 2. The van der Waals surface area contributed by atoms with Gasteiger partial charge in [0.25, 0.3) is 14.6 Å². The lowest BCUT2D eigenvalue weighted by Gasteiger charge is -2.42. The van der Waals surface area contributed by atoms with Gasteiger partial charge in [0.1, 0.15) is 0 Å². The van der Waals surface area contributed by atoms with Crippen molar-refractivity contribution in [3.63, 3.8) is 0 Å². The molecule has 0 spiro atoms. The maximum absolute atomic E-state index is 11.7. The summed E-state index contributed by atoms with van der Waals surface area (Å²) in [4.78, 5) is 23.4. The van der Waals surface area contributed by atoms with Crippen LogP contribution in [-0.4, -0.2) is 33.2 Å². The van der Waals surface area contributed by atoms with Gasteiger partial charge in [0.05, 0.1) is 6.61 Å². The molecule has 5 nitrogen and oxygen atoms in total. The van der Waals surface area contributed by atoms with Crippen LogP contribution in [0.3, 0.4) is 0 Å². The van der Waals surface area contributed by atoms with Crippen LogP contribution in [0.5, 0.6) is 0 Å². The van der Waals surface area contributed by atoms with Crippen LogP contribution in [0.2, 0.25) is 5.04 Å². The topological polar surface area (TPSA) is 61.8 Å². The Morgan fingerprint density at radius 3 is 1.66 bits per heavy atom. The fraction of sp³-hybridized carbons (Fsp3) is 0.385. The molecule has 0 unspecified atom stereocenters. The van der Waals surface area contributed by atoms with Crippen molar-refractivity contribution in [3.8, 4) is 0 Å². The molecular weight excluding hydrogens is 420 g/mol. The van der Waals surface area contributed by atoms with E-state index in [0.717, 1.165) is 0 Å². The molecule has 2 rings (SSSR count). The number of hydrogen-bond acceptors (Lipinski definition) is 5. The molecule has 0 bridgehead atoms. The maximum Gasteiger partial charge on any atom is 0.308 e. The lowest BCUT2D eigenvalue weighted by molar-refractivity contribution is -0.179. The molecule has 0 aliphatic carbocycles. The van der Waals surface area contributed by atoms with Crippen molar-refractivity contribution in [2.24, 2.45) is 0 Å². The third-order valence-electron chi connectivity index (χ3n) is 5.18. The zero-order valence-corrected chi connectivity index (χ0v) is 20.7. The van der Waals surface area contributed by atoms with Crippen LogP contribution in [-0.2, 0) is 23.5 Å². The minimum absolute atomic E-state index is 0.147. The first-order valence-corrected chi connectivity index (χ1v) is 13.0. The first-order chi connectivity index (χ1) is 15.2. The molecule has 0 heterocycles. The van der Waals surface area contributed by atoms with Gasteiger partial charge in [-0.15, -0.1) is 0 Å². The zero-order chi connectivity index (χ0) is 23.6. The SMILES string of the molecule is CCC(=O)OC(/C=C/CO[Si](c1ccccc1)(c1ccccc1)C(C)(C)C)OC(=O)CC. The number of carbonyl (C=O) groups is 2. The van der Waals surface area contributed by atoms with Crippen LogP contribution < -0.4 is 10.4 Å². The molecule has 172 valence electrons. The lowest BCUT2D eigenvalue weighted by atomic mass is 10.2. The highest BCUT2D eigenvalue weighted by Crippen LogP contribution is 2.36. The molecule has 0 radical (unpaired) electrons. The molecule has 0 saturated heterocycles. The summed E-state index contributed by atoms with van der Waals surface area (Å²) in [5.74, 6) is -0.868. The second-order valence-corrected chi connectivity index (χ2v) is 12.8. The first-order valence-electron chi connectivity index (χ1n) is 11.0. The summed E-state index contributed by atoms with van der Waals surface area (Å²) in [5.41, 5.74) is 0. The van der Waals surface area contributed by atoms with Crippen LogP contribution >= 0.6 is 0 Å². The monoisotopic (exact) mass is 454 g/mol. The van der Waals surface area contributed by atoms with Crippen molar-refractivity contribution in [2.75, 3.05) is 6.61 Å². The molecule has 0 aliphatic rings. The van der Waals surface area contributed by atoms with E-state index in [0.29, 0.717) is 0 Å². The van der Waals surface area contributed by atoms with Gasteiger partial charge >= 0.3 is 11.9 Å². The quantitative estimate of drug-likeness (QED) is 0.231. The molecule has 2 aromatic carbocycles. The van der Waals surface area contributed by atoms with E-state index in [1.54, 1.807) is 26.0 Å². The fourth-order valence-corrected chi connectivity index (χ4v) is 8.13. The van der Waals surface area contributed by atoms with Crippen molar-refractivity contribution in [3.05, 3.63) is 72.8 Å². The van der Waals surface area contributed by atoms with Crippen LogP contribution in [0.1, 0.15) is 47.5 Å². The minimum atomic E-state index is -2.67. The molecule has 0 fully saturated rings. The first kappa shape index (κ1) is 25.6. The number of rotatable bonds is 10. The molecule has 32 heavy (non-hydrogen) atoms. The van der Waals surface area contributed by atoms with E-state index in [2.05, 4.69) is 45.0 Å². The van der Waals surface area contributed by atoms with Gasteiger partial charge in [-0.1, -0.05) is 101 Å². The van der Waals surface area contributed by atoms with E-state index in [-0.39, 0.29) is 24.5 Å². The summed E-state index contributed by atoms with van der Waals surface area (Å²) >= 11 is 0.